The molecule has 92 valence electrons. The molecule has 0 unspecified atom stereocenters. The third-order valence-electron chi connectivity index (χ3n) is 2.73. The highest BCUT2D eigenvalue weighted by Crippen LogP contribution is 2.27. The summed E-state index contributed by atoms with van der Waals surface area (Å²) < 4.78 is 1.56. The van der Waals surface area contributed by atoms with Crippen molar-refractivity contribution in [2.45, 2.75) is 13.3 Å². The molecule has 4 heteroatoms. The fraction of sp³-hybridized carbons (Fsp3) is 0.143. The molecule has 2 aliphatic rings. The van der Waals surface area contributed by atoms with Gasteiger partial charge in [0.15, 0.2) is 6.20 Å². The molecule has 18 heavy (non-hydrogen) atoms. The lowest BCUT2D eigenvalue weighted by atomic mass is 10.3. The third kappa shape index (κ3) is 3.07. The van der Waals surface area contributed by atoms with Crippen molar-refractivity contribution in [1.82, 2.24) is 0 Å². The zero-order valence-corrected chi connectivity index (χ0v) is 10.3. The van der Waals surface area contributed by atoms with E-state index in [0.717, 1.165) is 5.69 Å². The highest BCUT2D eigenvalue weighted by molar-refractivity contribution is 5.77. The first-order valence-corrected chi connectivity index (χ1v) is 5.77. The molecule has 0 spiro atoms. The molecule has 0 aromatic carbocycles. The molecule has 2 bridgehead atoms. The quantitative estimate of drug-likeness (QED) is 0.724. The summed E-state index contributed by atoms with van der Waals surface area (Å²) in [6.45, 7) is 1.87. The Balaban J connectivity index is 0.000000146. The number of nitrogens with zero attached hydrogens (tertiary/aromatic N) is 1. The maximum Gasteiger partial charge on any atom is 0.365 e. The summed E-state index contributed by atoms with van der Waals surface area (Å²) >= 11 is 0. The van der Waals surface area contributed by atoms with Crippen molar-refractivity contribution >= 4 is 6.03 Å². The van der Waals surface area contributed by atoms with Gasteiger partial charge in [-0.1, -0.05) is 29.0 Å². The lowest BCUT2D eigenvalue weighted by Gasteiger charge is -1.95. The van der Waals surface area contributed by atoms with Crippen molar-refractivity contribution in [2.24, 2.45) is 5.73 Å². The second-order valence-electron chi connectivity index (χ2n) is 4.18. The zero-order valence-electron chi connectivity index (χ0n) is 10.3. The maximum absolute atomic E-state index is 10.4. The normalized spacial score (nSPS) is 14.5. The van der Waals surface area contributed by atoms with E-state index in [9.17, 15) is 4.79 Å². The number of hydrogen-bond acceptors (Lipinski definition) is 1. The predicted molar refractivity (Wildman–Crippen MR) is 70.2 cm³/mol. The second-order valence-corrected chi connectivity index (χ2v) is 4.18. The first kappa shape index (κ1) is 12.1. The van der Waals surface area contributed by atoms with Crippen LogP contribution in [0.2, 0.25) is 0 Å². The Morgan fingerprint density at radius 2 is 1.94 bits per heavy atom. The summed E-state index contributed by atoms with van der Waals surface area (Å²) in [7, 11) is 0. The number of allylic oxidation sites excluding steroid dienone is 6. The molecule has 3 N–H and O–H groups in total. The van der Waals surface area contributed by atoms with Crippen LogP contribution in [0.4, 0.5) is 4.79 Å². The van der Waals surface area contributed by atoms with Gasteiger partial charge in [0, 0.05) is 19.1 Å². The van der Waals surface area contributed by atoms with E-state index in [2.05, 4.69) is 29.7 Å². The molecule has 0 atom stereocenters. The van der Waals surface area contributed by atoms with Crippen molar-refractivity contribution < 1.29 is 9.47 Å². The number of nitrogens with two attached hydrogens (primary N) is 1. The summed E-state index contributed by atoms with van der Waals surface area (Å²) in [6, 6.07) is 5.00. The number of urea groups is 1. The summed E-state index contributed by atoms with van der Waals surface area (Å²) in [4.78, 5) is 10.4. The molecule has 0 saturated heterocycles. The minimum atomic E-state index is -0.565. The van der Waals surface area contributed by atoms with E-state index in [-0.39, 0.29) is 0 Å². The zero-order chi connectivity index (χ0) is 13.0. The Morgan fingerprint density at radius 3 is 2.33 bits per heavy atom. The fourth-order valence-corrected chi connectivity index (χ4v) is 1.78. The van der Waals surface area contributed by atoms with Gasteiger partial charge in [-0.05, 0) is 23.6 Å². The molecule has 3 rings (SSSR count). The molecule has 0 radical (unpaired) electrons. The summed E-state index contributed by atoms with van der Waals surface area (Å²) in [5.74, 6) is 0. The van der Waals surface area contributed by atoms with E-state index >= 15 is 0 Å². The number of nitrogens with one attached hydrogen (secondary N) is 1. The van der Waals surface area contributed by atoms with Crippen molar-refractivity contribution in [3.05, 3.63) is 65.5 Å². The van der Waals surface area contributed by atoms with Gasteiger partial charge in [-0.15, -0.1) is 5.43 Å². The van der Waals surface area contributed by atoms with Crippen molar-refractivity contribution in [2.75, 3.05) is 5.43 Å². The number of fused-ring (bicyclic) bond motifs is 2. The van der Waals surface area contributed by atoms with Gasteiger partial charge in [0.25, 0.3) is 0 Å². The monoisotopic (exact) mass is 242 g/mol. The Morgan fingerprint density at radius 1 is 1.28 bits per heavy atom. The lowest BCUT2D eigenvalue weighted by Crippen LogP contribution is -2.52. The minimum absolute atomic E-state index is 0.565. The Kier molecular flexibility index (Phi) is 3.57. The summed E-state index contributed by atoms with van der Waals surface area (Å²) in [5, 5.41) is 0. The molecular weight excluding hydrogens is 226 g/mol. The van der Waals surface area contributed by atoms with E-state index < -0.39 is 6.03 Å². The Hall–Kier alpha value is -2.36. The van der Waals surface area contributed by atoms with E-state index in [4.69, 9.17) is 5.73 Å². The van der Waals surface area contributed by atoms with Crippen molar-refractivity contribution in [3.63, 3.8) is 0 Å². The molecule has 0 aliphatic heterocycles. The van der Waals surface area contributed by atoms with E-state index in [1.165, 1.54) is 17.6 Å². The van der Waals surface area contributed by atoms with Crippen LogP contribution in [0.5, 0.6) is 0 Å². The van der Waals surface area contributed by atoms with Gasteiger partial charge in [0.2, 0.25) is 5.69 Å². The van der Waals surface area contributed by atoms with Crippen molar-refractivity contribution in [3.8, 4) is 0 Å². The lowest BCUT2D eigenvalue weighted by molar-refractivity contribution is -0.647. The summed E-state index contributed by atoms with van der Waals surface area (Å²) in [6.07, 6.45) is 11.6. The number of primary amides is 1. The van der Waals surface area contributed by atoms with E-state index in [0.29, 0.717) is 0 Å². The van der Waals surface area contributed by atoms with Crippen LogP contribution in [0.3, 0.4) is 0 Å². The van der Waals surface area contributed by atoms with Crippen LogP contribution in [0.15, 0.2) is 59.8 Å². The van der Waals surface area contributed by atoms with E-state index in [1.54, 1.807) is 10.9 Å². The van der Waals surface area contributed by atoms with Crippen molar-refractivity contribution in [1.29, 1.82) is 0 Å². The van der Waals surface area contributed by atoms with Gasteiger partial charge in [0.05, 0.1) is 0 Å². The molecule has 0 saturated carbocycles. The number of hydrogen-bond donors (Lipinski definition) is 2. The standard InChI is InChI=1S/C7H9N3O.C7H6/c1-6-4-2-3-5-10(6)9-7(8)11;1-2-7-4-3-6(1)5-7/h2-5H,1H3,(H2-,8,9,11);1-4H,5H2/p+1. The highest BCUT2D eigenvalue weighted by atomic mass is 16.2. The smallest absolute Gasteiger partial charge is 0.347 e. The van der Waals surface area contributed by atoms with Crippen LogP contribution >= 0.6 is 0 Å². The topological polar surface area (TPSA) is 59.0 Å². The van der Waals surface area contributed by atoms with Crippen LogP contribution in [0.25, 0.3) is 0 Å². The third-order valence-corrected chi connectivity index (χ3v) is 2.73. The van der Waals surface area contributed by atoms with Gasteiger partial charge in [-0.3, -0.25) is 0 Å². The number of aryl methyl sites for hydroxylation is 1. The Labute approximate surface area is 106 Å². The number of amides is 2. The highest BCUT2D eigenvalue weighted by Gasteiger charge is 2.07. The van der Waals surface area contributed by atoms with Crippen LogP contribution in [-0.4, -0.2) is 6.03 Å². The number of pyridine rings is 1. The molecule has 1 aromatic rings. The number of aromatic nitrogens is 1. The first-order valence-electron chi connectivity index (χ1n) is 5.77. The number of rotatable bonds is 1. The van der Waals surface area contributed by atoms with Gasteiger partial charge in [0.1, 0.15) is 0 Å². The molecular formula is C14H16N3O+. The van der Waals surface area contributed by atoms with E-state index in [1.807, 2.05) is 25.1 Å². The molecule has 0 fully saturated rings. The second kappa shape index (κ2) is 5.31. The SMILES string of the molecule is C1=CC2=CC=C1C2.Cc1cccc[n+]1NC(N)=O. The minimum Gasteiger partial charge on any atom is -0.347 e. The summed E-state index contributed by atoms with van der Waals surface area (Å²) in [5.41, 5.74) is 11.2. The fourth-order valence-electron chi connectivity index (χ4n) is 1.78. The maximum atomic E-state index is 10.4. The number of carbonyl (C=O) groups excluding carboxylic acids is 1. The molecule has 1 heterocycles. The largest absolute Gasteiger partial charge is 0.365 e. The molecule has 2 amide bonds. The average Bonchev–Trinajstić information content (AvgIpc) is 2.97. The van der Waals surface area contributed by atoms with Crippen LogP contribution in [0.1, 0.15) is 12.1 Å². The van der Waals surface area contributed by atoms with Gasteiger partial charge in [-0.25, -0.2) is 4.79 Å². The Bertz CT molecular complexity index is 536. The average molecular weight is 242 g/mol. The van der Waals surface area contributed by atoms with Crippen LogP contribution in [-0.2, 0) is 0 Å². The molecule has 4 nitrogen and oxygen atoms in total. The van der Waals surface area contributed by atoms with Gasteiger partial charge in [-0.2, -0.15) is 0 Å². The van der Waals surface area contributed by atoms with Gasteiger partial charge >= 0.3 is 6.03 Å². The van der Waals surface area contributed by atoms with Crippen LogP contribution < -0.4 is 15.8 Å². The predicted octanol–water partition coefficient (Wildman–Crippen LogP) is 1.72. The molecule has 2 aliphatic carbocycles. The molecule has 1 aromatic heterocycles. The first-order chi connectivity index (χ1) is 8.65. The van der Waals surface area contributed by atoms with Crippen LogP contribution in [0, 0.1) is 6.92 Å². The van der Waals surface area contributed by atoms with Gasteiger partial charge < -0.3 is 5.73 Å². The number of carbonyl (C=O) groups is 1.